The molecule has 0 aromatic carbocycles. The van der Waals surface area contributed by atoms with E-state index in [1.54, 1.807) is 0 Å². The van der Waals surface area contributed by atoms with Gasteiger partial charge in [0.1, 0.15) is 6.10 Å². The zero-order valence-corrected chi connectivity index (χ0v) is 12.0. The van der Waals surface area contributed by atoms with Crippen LogP contribution < -0.4 is 5.32 Å². The molecule has 2 aliphatic rings. The lowest BCUT2D eigenvalue weighted by Gasteiger charge is -2.40. The van der Waals surface area contributed by atoms with E-state index in [9.17, 15) is 4.79 Å². The van der Waals surface area contributed by atoms with Crippen LogP contribution in [0.15, 0.2) is 0 Å². The highest BCUT2D eigenvalue weighted by molar-refractivity contribution is 6.18. The minimum atomic E-state index is -0.254. The van der Waals surface area contributed by atoms with Gasteiger partial charge in [0.05, 0.1) is 5.54 Å². The molecule has 1 saturated carbocycles. The van der Waals surface area contributed by atoms with Crippen LogP contribution in [0.5, 0.6) is 0 Å². The molecule has 1 N–H and O–H groups in total. The molecule has 3 unspecified atom stereocenters. The van der Waals surface area contributed by atoms with Gasteiger partial charge in [0.15, 0.2) is 0 Å². The van der Waals surface area contributed by atoms with Crippen molar-refractivity contribution in [3.05, 3.63) is 0 Å². The largest absolute Gasteiger partial charge is 0.368 e. The fraction of sp³-hybridized carbons (Fsp3) is 0.929. The number of rotatable bonds is 3. The molecule has 0 spiro atoms. The van der Waals surface area contributed by atoms with Crippen molar-refractivity contribution in [2.45, 2.75) is 63.5 Å². The molecule has 104 valence electrons. The Morgan fingerprint density at radius 2 is 2.22 bits per heavy atom. The molecule has 2 rings (SSSR count). The summed E-state index contributed by atoms with van der Waals surface area (Å²) in [6, 6.07) is 0. The van der Waals surface area contributed by atoms with E-state index < -0.39 is 0 Å². The Kier molecular flexibility index (Phi) is 4.91. The van der Waals surface area contributed by atoms with E-state index in [1.165, 1.54) is 6.42 Å². The second-order valence-electron chi connectivity index (χ2n) is 5.96. The van der Waals surface area contributed by atoms with Crippen LogP contribution in [0.4, 0.5) is 0 Å². The number of ether oxygens (including phenoxy) is 1. The molecule has 1 amide bonds. The summed E-state index contributed by atoms with van der Waals surface area (Å²) in [5.74, 6) is 1.20. The summed E-state index contributed by atoms with van der Waals surface area (Å²) in [5, 5.41) is 3.19. The van der Waals surface area contributed by atoms with Crippen molar-refractivity contribution in [1.82, 2.24) is 5.32 Å². The first kappa shape index (κ1) is 14.1. The molecular formula is C14H24ClNO2. The average Bonchev–Trinajstić information content (AvgIpc) is 2.39. The average molecular weight is 274 g/mol. The first-order valence-corrected chi connectivity index (χ1v) is 7.68. The van der Waals surface area contributed by atoms with Gasteiger partial charge in [0, 0.05) is 12.5 Å². The van der Waals surface area contributed by atoms with Gasteiger partial charge in [0.25, 0.3) is 0 Å². The van der Waals surface area contributed by atoms with Crippen molar-refractivity contribution in [3.8, 4) is 0 Å². The van der Waals surface area contributed by atoms with Crippen molar-refractivity contribution in [1.29, 1.82) is 0 Å². The summed E-state index contributed by atoms with van der Waals surface area (Å²) in [6.07, 6.45) is 7.14. The Labute approximate surface area is 115 Å². The highest BCUT2D eigenvalue weighted by Gasteiger charge is 2.37. The van der Waals surface area contributed by atoms with Gasteiger partial charge in [-0.1, -0.05) is 19.8 Å². The number of nitrogens with one attached hydrogen (secondary N) is 1. The second-order valence-corrected chi connectivity index (χ2v) is 6.23. The molecular weight excluding hydrogens is 250 g/mol. The van der Waals surface area contributed by atoms with Crippen LogP contribution in [-0.2, 0) is 9.53 Å². The molecule has 1 aliphatic carbocycles. The van der Waals surface area contributed by atoms with E-state index in [4.69, 9.17) is 16.3 Å². The Bertz CT molecular complexity index is 292. The molecule has 0 bridgehead atoms. The highest BCUT2D eigenvalue weighted by Crippen LogP contribution is 2.33. The van der Waals surface area contributed by atoms with E-state index in [0.717, 1.165) is 38.5 Å². The zero-order valence-electron chi connectivity index (χ0n) is 11.2. The number of hydrogen-bond acceptors (Lipinski definition) is 2. The lowest BCUT2D eigenvalue weighted by atomic mass is 9.77. The number of hydrogen-bond donors (Lipinski definition) is 1. The van der Waals surface area contributed by atoms with Crippen molar-refractivity contribution in [2.75, 3.05) is 12.5 Å². The van der Waals surface area contributed by atoms with Gasteiger partial charge in [-0.2, -0.15) is 0 Å². The Morgan fingerprint density at radius 1 is 1.39 bits per heavy atom. The molecule has 3 atom stereocenters. The van der Waals surface area contributed by atoms with Crippen LogP contribution in [0, 0.1) is 5.92 Å². The molecule has 1 saturated heterocycles. The Hall–Kier alpha value is -0.280. The fourth-order valence-corrected chi connectivity index (χ4v) is 3.53. The van der Waals surface area contributed by atoms with Crippen molar-refractivity contribution >= 4 is 17.5 Å². The van der Waals surface area contributed by atoms with E-state index >= 15 is 0 Å². The van der Waals surface area contributed by atoms with E-state index in [2.05, 4.69) is 12.2 Å². The third-order valence-corrected chi connectivity index (χ3v) is 4.72. The smallest absolute Gasteiger partial charge is 0.249 e. The van der Waals surface area contributed by atoms with Crippen LogP contribution in [0.2, 0.25) is 0 Å². The molecule has 1 aliphatic heterocycles. The Balaban J connectivity index is 1.94. The summed E-state index contributed by atoms with van der Waals surface area (Å²) in [5.41, 5.74) is -0.197. The van der Waals surface area contributed by atoms with Gasteiger partial charge in [-0.05, 0) is 38.0 Å². The van der Waals surface area contributed by atoms with Crippen molar-refractivity contribution in [3.63, 3.8) is 0 Å². The van der Waals surface area contributed by atoms with Gasteiger partial charge in [0.2, 0.25) is 5.91 Å². The molecule has 0 aromatic rings. The molecule has 0 radical (unpaired) electrons. The minimum Gasteiger partial charge on any atom is -0.368 e. The summed E-state index contributed by atoms with van der Waals surface area (Å²) in [7, 11) is 0. The third-order valence-electron chi connectivity index (χ3n) is 4.21. The van der Waals surface area contributed by atoms with Crippen LogP contribution >= 0.6 is 11.6 Å². The quantitative estimate of drug-likeness (QED) is 0.803. The van der Waals surface area contributed by atoms with E-state index in [0.29, 0.717) is 18.4 Å². The van der Waals surface area contributed by atoms with Crippen LogP contribution in [0.25, 0.3) is 0 Å². The summed E-state index contributed by atoms with van der Waals surface area (Å²) < 4.78 is 5.54. The predicted molar refractivity (Wildman–Crippen MR) is 72.8 cm³/mol. The standard InChI is InChI=1S/C14H24ClNO2/c1-11-5-4-7-14(9-11,10-15)16-13(17)12-6-2-3-8-18-12/h11-12H,2-10H2,1H3,(H,16,17). The molecule has 4 heteroatoms. The second kappa shape index (κ2) is 6.25. The predicted octanol–water partition coefficient (Wildman–Crippen LogP) is 2.86. The van der Waals surface area contributed by atoms with Gasteiger partial charge >= 0.3 is 0 Å². The summed E-state index contributed by atoms with van der Waals surface area (Å²) >= 11 is 6.13. The molecule has 3 nitrogen and oxygen atoms in total. The maximum absolute atomic E-state index is 12.2. The minimum absolute atomic E-state index is 0.0458. The zero-order chi connectivity index (χ0) is 13.0. The topological polar surface area (TPSA) is 38.3 Å². The third kappa shape index (κ3) is 3.39. The van der Waals surface area contributed by atoms with E-state index in [-0.39, 0.29) is 17.6 Å². The first-order chi connectivity index (χ1) is 8.65. The number of amides is 1. The van der Waals surface area contributed by atoms with Gasteiger partial charge in [-0.25, -0.2) is 0 Å². The monoisotopic (exact) mass is 273 g/mol. The van der Waals surface area contributed by atoms with E-state index in [1.807, 2.05) is 0 Å². The number of halogens is 1. The molecule has 2 fully saturated rings. The molecule has 1 heterocycles. The van der Waals surface area contributed by atoms with Gasteiger partial charge < -0.3 is 10.1 Å². The SMILES string of the molecule is CC1CCCC(CCl)(NC(=O)C2CCCCO2)C1. The summed E-state index contributed by atoms with van der Waals surface area (Å²) in [6.45, 7) is 2.95. The number of carbonyl (C=O) groups excluding carboxylic acids is 1. The maximum atomic E-state index is 12.2. The van der Waals surface area contributed by atoms with Crippen molar-refractivity contribution < 1.29 is 9.53 Å². The fourth-order valence-electron chi connectivity index (χ4n) is 3.22. The number of carbonyl (C=O) groups is 1. The molecule has 0 aromatic heterocycles. The Morgan fingerprint density at radius 3 is 2.83 bits per heavy atom. The normalized spacial score (nSPS) is 37.2. The molecule has 18 heavy (non-hydrogen) atoms. The first-order valence-electron chi connectivity index (χ1n) is 7.15. The summed E-state index contributed by atoms with van der Waals surface area (Å²) in [4.78, 5) is 12.2. The highest BCUT2D eigenvalue weighted by atomic mass is 35.5. The maximum Gasteiger partial charge on any atom is 0.249 e. The van der Waals surface area contributed by atoms with Crippen LogP contribution in [-0.4, -0.2) is 30.0 Å². The van der Waals surface area contributed by atoms with Crippen LogP contribution in [0.1, 0.15) is 51.9 Å². The van der Waals surface area contributed by atoms with Gasteiger partial charge in [-0.3, -0.25) is 4.79 Å². The van der Waals surface area contributed by atoms with Gasteiger partial charge in [-0.15, -0.1) is 11.6 Å². The lowest BCUT2D eigenvalue weighted by molar-refractivity contribution is -0.137. The van der Waals surface area contributed by atoms with Crippen molar-refractivity contribution in [2.24, 2.45) is 5.92 Å². The van der Waals surface area contributed by atoms with Crippen LogP contribution in [0.3, 0.4) is 0 Å². The number of alkyl halides is 1. The lowest BCUT2D eigenvalue weighted by Crippen LogP contribution is -2.55.